The van der Waals surface area contributed by atoms with Gasteiger partial charge in [0, 0.05) is 52.4 Å². The maximum Gasteiger partial charge on any atom is 0.416 e. The van der Waals surface area contributed by atoms with E-state index < -0.39 is 21.8 Å². The van der Waals surface area contributed by atoms with Gasteiger partial charge >= 0.3 is 6.18 Å². The van der Waals surface area contributed by atoms with Crippen LogP contribution in [0.2, 0.25) is 0 Å². The van der Waals surface area contributed by atoms with Crippen LogP contribution in [-0.4, -0.2) is 74.9 Å². The van der Waals surface area contributed by atoms with Crippen LogP contribution in [0.4, 0.5) is 13.2 Å². The fourth-order valence-corrected chi connectivity index (χ4v) is 4.55. The molecule has 5 nitrogen and oxygen atoms in total. The summed E-state index contributed by atoms with van der Waals surface area (Å²) in [6, 6.07) is 3.90. The van der Waals surface area contributed by atoms with E-state index in [4.69, 9.17) is 0 Å². The first kappa shape index (κ1) is 22.6. The molecule has 0 saturated carbocycles. The molecule has 0 aliphatic carbocycles. The fraction of sp³-hybridized carbons (Fsp3) is 0.474. The molecule has 0 amide bonds. The Bertz CT molecular complexity index is 763. The Morgan fingerprint density at radius 2 is 1.68 bits per heavy atom. The third kappa shape index (κ3) is 5.91. The number of halogens is 3. The van der Waals surface area contributed by atoms with Gasteiger partial charge in [-0.05, 0) is 18.2 Å². The molecular weight excluding hydrogens is 391 g/mol. The number of sulfonamides is 1. The lowest BCUT2D eigenvalue weighted by atomic mass is 10.2. The van der Waals surface area contributed by atoms with E-state index in [1.165, 1.54) is 10.4 Å². The minimum atomic E-state index is -4.58. The lowest BCUT2D eigenvalue weighted by molar-refractivity contribution is -0.137. The van der Waals surface area contributed by atoms with Crippen molar-refractivity contribution in [2.75, 3.05) is 52.4 Å². The number of nitrogens with zero attached hydrogens (tertiary/aromatic N) is 3. The van der Waals surface area contributed by atoms with E-state index in [0.717, 1.165) is 38.3 Å². The number of piperazine rings is 1. The lowest BCUT2D eigenvalue weighted by Gasteiger charge is -2.35. The average molecular weight is 417 g/mol. The van der Waals surface area contributed by atoms with E-state index in [2.05, 4.69) is 23.0 Å². The Kier molecular flexibility index (Phi) is 7.82. The van der Waals surface area contributed by atoms with Gasteiger partial charge in [-0.3, -0.25) is 9.80 Å². The highest BCUT2D eigenvalue weighted by Gasteiger charge is 2.33. The molecule has 0 atom stereocenters. The second-order valence-electron chi connectivity index (χ2n) is 6.61. The quantitative estimate of drug-likeness (QED) is 0.580. The first-order chi connectivity index (χ1) is 13.2. The second-order valence-corrected chi connectivity index (χ2v) is 8.55. The van der Waals surface area contributed by atoms with E-state index in [0.29, 0.717) is 19.2 Å². The molecule has 1 aliphatic rings. The fourth-order valence-electron chi connectivity index (χ4n) is 3.08. The van der Waals surface area contributed by atoms with Crippen molar-refractivity contribution in [3.63, 3.8) is 0 Å². The van der Waals surface area contributed by atoms with Gasteiger partial charge in [0.05, 0.1) is 10.5 Å². The zero-order valence-electron chi connectivity index (χ0n) is 15.7. The van der Waals surface area contributed by atoms with Gasteiger partial charge < -0.3 is 0 Å². The van der Waals surface area contributed by atoms with Crippen molar-refractivity contribution in [1.82, 2.24) is 14.1 Å². The normalized spacial score (nSPS) is 17.0. The van der Waals surface area contributed by atoms with Gasteiger partial charge in [-0.15, -0.1) is 13.2 Å². The zero-order chi connectivity index (χ0) is 20.8. The van der Waals surface area contributed by atoms with E-state index in [1.54, 1.807) is 0 Å². The van der Waals surface area contributed by atoms with Crippen molar-refractivity contribution in [2.24, 2.45) is 0 Å². The maximum absolute atomic E-state index is 12.9. The Morgan fingerprint density at radius 3 is 2.21 bits per heavy atom. The van der Waals surface area contributed by atoms with Crippen LogP contribution in [0.1, 0.15) is 5.56 Å². The summed E-state index contributed by atoms with van der Waals surface area (Å²) in [5, 5.41) is 0. The van der Waals surface area contributed by atoms with Crippen LogP contribution in [0, 0.1) is 0 Å². The average Bonchev–Trinajstić information content (AvgIpc) is 2.66. The molecule has 1 saturated heterocycles. The highest BCUT2D eigenvalue weighted by molar-refractivity contribution is 7.89. The van der Waals surface area contributed by atoms with Crippen molar-refractivity contribution in [3.8, 4) is 0 Å². The van der Waals surface area contributed by atoms with Crippen LogP contribution in [-0.2, 0) is 16.2 Å². The molecule has 0 bridgehead atoms. The minimum Gasteiger partial charge on any atom is -0.299 e. The maximum atomic E-state index is 12.9. The number of hydrogen-bond donors (Lipinski definition) is 0. The number of rotatable bonds is 9. The Labute approximate surface area is 164 Å². The van der Waals surface area contributed by atoms with Crippen LogP contribution >= 0.6 is 0 Å². The molecule has 1 heterocycles. The Hall–Kier alpha value is -1.68. The first-order valence-electron chi connectivity index (χ1n) is 9.02. The van der Waals surface area contributed by atoms with Crippen LogP contribution in [0.15, 0.2) is 54.5 Å². The van der Waals surface area contributed by atoms with Crippen molar-refractivity contribution in [2.45, 2.75) is 11.1 Å². The summed E-state index contributed by atoms with van der Waals surface area (Å²) < 4.78 is 65.3. The molecule has 28 heavy (non-hydrogen) atoms. The van der Waals surface area contributed by atoms with Gasteiger partial charge in [-0.25, -0.2) is 8.42 Å². The summed E-state index contributed by atoms with van der Waals surface area (Å²) in [5.74, 6) is 0. The Morgan fingerprint density at radius 1 is 1.07 bits per heavy atom. The van der Waals surface area contributed by atoms with Crippen LogP contribution in [0.25, 0.3) is 0 Å². The topological polar surface area (TPSA) is 43.9 Å². The van der Waals surface area contributed by atoms with Gasteiger partial charge in [0.1, 0.15) is 0 Å². The highest BCUT2D eigenvalue weighted by atomic mass is 32.2. The smallest absolute Gasteiger partial charge is 0.299 e. The molecule has 1 fully saturated rings. The van der Waals surface area contributed by atoms with E-state index >= 15 is 0 Å². The summed E-state index contributed by atoms with van der Waals surface area (Å²) in [4.78, 5) is 4.00. The van der Waals surface area contributed by atoms with E-state index in [1.807, 2.05) is 12.2 Å². The molecule has 0 aromatic heterocycles. The second kappa shape index (κ2) is 9.69. The van der Waals surface area contributed by atoms with Gasteiger partial charge in [0.25, 0.3) is 0 Å². The van der Waals surface area contributed by atoms with E-state index in [-0.39, 0.29) is 18.0 Å². The number of alkyl halides is 3. The number of benzene rings is 1. The molecule has 2 rings (SSSR count). The van der Waals surface area contributed by atoms with E-state index in [9.17, 15) is 21.6 Å². The SMILES string of the molecule is C=CCN(CC=C)CCN1CCN(S(=O)(=O)c2cccc(C(F)(F)F)c2)CC1. The predicted molar refractivity (Wildman–Crippen MR) is 103 cm³/mol. The summed E-state index contributed by atoms with van der Waals surface area (Å²) >= 11 is 0. The van der Waals surface area contributed by atoms with Crippen LogP contribution in [0.3, 0.4) is 0 Å². The van der Waals surface area contributed by atoms with Crippen molar-refractivity contribution in [3.05, 3.63) is 55.1 Å². The molecular formula is C19H26F3N3O2S. The molecule has 0 N–H and O–H groups in total. The number of hydrogen-bond acceptors (Lipinski definition) is 4. The molecule has 0 radical (unpaired) electrons. The standard InChI is InChI=1S/C19H26F3N3O2S/c1-3-8-23(9-4-2)10-11-24-12-14-25(15-13-24)28(26,27)18-7-5-6-17(16-18)19(20,21)22/h3-7,16H,1-2,8-15H2. The molecule has 1 aromatic rings. The van der Waals surface area contributed by atoms with Gasteiger partial charge in [-0.2, -0.15) is 17.5 Å². The first-order valence-corrected chi connectivity index (χ1v) is 10.5. The third-order valence-electron chi connectivity index (χ3n) is 4.64. The molecule has 1 aliphatic heterocycles. The molecule has 156 valence electrons. The highest BCUT2D eigenvalue weighted by Crippen LogP contribution is 2.31. The van der Waals surface area contributed by atoms with Crippen molar-refractivity contribution < 1.29 is 21.6 Å². The summed E-state index contributed by atoms with van der Waals surface area (Å²) in [6.07, 6.45) is -0.931. The Balaban J connectivity index is 1.96. The van der Waals surface area contributed by atoms with Crippen molar-refractivity contribution >= 4 is 10.0 Å². The molecule has 9 heteroatoms. The third-order valence-corrected chi connectivity index (χ3v) is 6.53. The summed E-state index contributed by atoms with van der Waals surface area (Å²) in [5.41, 5.74) is -0.961. The minimum absolute atomic E-state index is 0.251. The predicted octanol–water partition coefficient (Wildman–Crippen LogP) is 2.69. The van der Waals surface area contributed by atoms with Crippen molar-refractivity contribution in [1.29, 1.82) is 0 Å². The summed E-state index contributed by atoms with van der Waals surface area (Å²) in [7, 11) is -3.95. The molecule has 0 spiro atoms. The molecule has 0 unspecified atom stereocenters. The lowest BCUT2D eigenvalue weighted by Crippen LogP contribution is -2.50. The largest absolute Gasteiger partial charge is 0.416 e. The van der Waals surface area contributed by atoms with Gasteiger partial charge in [0.2, 0.25) is 10.0 Å². The van der Waals surface area contributed by atoms with Gasteiger partial charge in [0.15, 0.2) is 0 Å². The van der Waals surface area contributed by atoms with Crippen LogP contribution in [0.5, 0.6) is 0 Å². The molecule has 1 aromatic carbocycles. The summed E-state index contributed by atoms with van der Waals surface area (Å²) in [6.45, 7) is 12.1. The van der Waals surface area contributed by atoms with Crippen LogP contribution < -0.4 is 0 Å². The zero-order valence-corrected chi connectivity index (χ0v) is 16.6. The monoisotopic (exact) mass is 417 g/mol. The van der Waals surface area contributed by atoms with Gasteiger partial charge in [-0.1, -0.05) is 18.2 Å².